The highest BCUT2D eigenvalue weighted by molar-refractivity contribution is 5.28. The van der Waals surface area contributed by atoms with Crippen LogP contribution in [0, 0.1) is 11.7 Å². The van der Waals surface area contributed by atoms with E-state index in [0.717, 1.165) is 24.9 Å². The Morgan fingerprint density at radius 1 is 1.47 bits per heavy atom. The van der Waals surface area contributed by atoms with Crippen LogP contribution in [-0.4, -0.2) is 25.0 Å². The Balaban J connectivity index is 2.27. The van der Waals surface area contributed by atoms with Crippen molar-refractivity contribution in [2.45, 2.75) is 25.8 Å². The molecular weight excluding hydrogens is 215 g/mol. The molecule has 94 valence electrons. The van der Waals surface area contributed by atoms with Gasteiger partial charge < -0.3 is 5.73 Å². The fourth-order valence-corrected chi connectivity index (χ4v) is 2.71. The molecule has 1 heterocycles. The number of likely N-dealkylation sites (tertiary alicyclic amines) is 1. The summed E-state index contributed by atoms with van der Waals surface area (Å²) in [6.07, 6.45) is 1.92. The van der Waals surface area contributed by atoms with Crippen LogP contribution >= 0.6 is 0 Å². The van der Waals surface area contributed by atoms with E-state index in [0.29, 0.717) is 12.5 Å². The summed E-state index contributed by atoms with van der Waals surface area (Å²) in [5.41, 5.74) is 7.75. The smallest absolute Gasteiger partial charge is 0.128 e. The predicted molar refractivity (Wildman–Crippen MR) is 68.3 cm³/mol. The largest absolute Gasteiger partial charge is 0.330 e. The maximum Gasteiger partial charge on any atom is 0.128 e. The lowest BCUT2D eigenvalue weighted by Gasteiger charge is -2.20. The second-order valence-electron chi connectivity index (χ2n) is 5.00. The first-order valence-corrected chi connectivity index (χ1v) is 6.34. The zero-order valence-electron chi connectivity index (χ0n) is 10.6. The molecule has 0 spiro atoms. The molecule has 0 radical (unpaired) electrons. The zero-order chi connectivity index (χ0) is 12.4. The lowest BCUT2D eigenvalue weighted by Crippen LogP contribution is -2.21. The highest BCUT2D eigenvalue weighted by Gasteiger charge is 2.31. The van der Waals surface area contributed by atoms with Crippen LogP contribution in [0.25, 0.3) is 0 Å². The molecule has 2 atom stereocenters. The van der Waals surface area contributed by atoms with Gasteiger partial charge in [0.25, 0.3) is 0 Å². The lowest BCUT2D eigenvalue weighted by molar-refractivity contribution is 0.306. The van der Waals surface area contributed by atoms with Crippen LogP contribution in [0.1, 0.15) is 30.5 Å². The van der Waals surface area contributed by atoms with Gasteiger partial charge >= 0.3 is 0 Å². The Bertz CT molecular complexity index is 392. The van der Waals surface area contributed by atoms with E-state index in [9.17, 15) is 4.39 Å². The van der Waals surface area contributed by atoms with Crippen LogP contribution < -0.4 is 5.73 Å². The van der Waals surface area contributed by atoms with Gasteiger partial charge in [0.1, 0.15) is 5.82 Å². The highest BCUT2D eigenvalue weighted by Crippen LogP contribution is 2.35. The van der Waals surface area contributed by atoms with Crippen LogP contribution in [0.4, 0.5) is 4.39 Å². The summed E-state index contributed by atoms with van der Waals surface area (Å²) in [5, 5.41) is 0. The van der Waals surface area contributed by atoms with Gasteiger partial charge in [0.05, 0.1) is 0 Å². The molecule has 1 aromatic rings. The van der Waals surface area contributed by atoms with E-state index < -0.39 is 0 Å². The third-order valence-electron chi connectivity index (χ3n) is 3.80. The number of hydrogen-bond donors (Lipinski definition) is 1. The second kappa shape index (κ2) is 5.15. The Kier molecular flexibility index (Phi) is 3.79. The van der Waals surface area contributed by atoms with Crippen LogP contribution in [0.5, 0.6) is 0 Å². The van der Waals surface area contributed by atoms with Crippen molar-refractivity contribution in [2.75, 3.05) is 20.1 Å². The van der Waals surface area contributed by atoms with E-state index in [1.165, 1.54) is 5.56 Å². The summed E-state index contributed by atoms with van der Waals surface area (Å²) < 4.78 is 13.9. The molecule has 2 nitrogen and oxygen atoms in total. The van der Waals surface area contributed by atoms with Crippen LogP contribution in [-0.2, 0) is 6.42 Å². The van der Waals surface area contributed by atoms with Gasteiger partial charge in [0.2, 0.25) is 0 Å². The number of nitrogens with zero attached hydrogens (tertiary/aromatic N) is 1. The molecular formula is C14H21FN2. The summed E-state index contributed by atoms with van der Waals surface area (Å²) in [6.45, 7) is 3.75. The maximum atomic E-state index is 13.9. The highest BCUT2D eigenvalue weighted by atomic mass is 19.1. The van der Waals surface area contributed by atoms with Crippen molar-refractivity contribution < 1.29 is 4.39 Å². The Hall–Kier alpha value is -0.930. The molecule has 2 N–H and O–H groups in total. The third-order valence-corrected chi connectivity index (χ3v) is 3.80. The minimum absolute atomic E-state index is 0.0864. The molecule has 2 rings (SSSR count). The standard InChI is InChI=1S/C14H21FN2/c1-3-10-4-5-13(15)12(6-10)14-7-11(8-16)9-17(14)2/h4-6,11,14H,3,7-9,16H2,1-2H3. The molecule has 0 amide bonds. The first-order valence-electron chi connectivity index (χ1n) is 6.34. The summed E-state index contributed by atoms with van der Waals surface area (Å²) in [6, 6.07) is 5.66. The van der Waals surface area contributed by atoms with Gasteiger partial charge in [-0.05, 0) is 44.0 Å². The molecule has 1 aromatic carbocycles. The summed E-state index contributed by atoms with van der Waals surface area (Å²) in [5.74, 6) is 0.409. The minimum Gasteiger partial charge on any atom is -0.330 e. The summed E-state index contributed by atoms with van der Waals surface area (Å²) in [4.78, 5) is 2.22. The molecule has 0 bridgehead atoms. The van der Waals surface area contributed by atoms with E-state index in [4.69, 9.17) is 5.73 Å². The van der Waals surface area contributed by atoms with Gasteiger partial charge in [-0.2, -0.15) is 0 Å². The van der Waals surface area contributed by atoms with Crippen molar-refractivity contribution in [3.63, 3.8) is 0 Å². The minimum atomic E-state index is -0.0864. The molecule has 2 unspecified atom stereocenters. The van der Waals surface area contributed by atoms with Crippen LogP contribution in [0.3, 0.4) is 0 Å². The topological polar surface area (TPSA) is 29.3 Å². The van der Waals surface area contributed by atoms with Crippen molar-refractivity contribution in [3.8, 4) is 0 Å². The zero-order valence-corrected chi connectivity index (χ0v) is 10.6. The van der Waals surface area contributed by atoms with Crippen LogP contribution in [0.15, 0.2) is 18.2 Å². The van der Waals surface area contributed by atoms with Gasteiger partial charge in [-0.25, -0.2) is 4.39 Å². The summed E-state index contributed by atoms with van der Waals surface area (Å²) in [7, 11) is 2.05. The Morgan fingerprint density at radius 3 is 2.82 bits per heavy atom. The van der Waals surface area contributed by atoms with Crippen molar-refractivity contribution in [1.82, 2.24) is 4.90 Å². The van der Waals surface area contributed by atoms with E-state index >= 15 is 0 Å². The van der Waals surface area contributed by atoms with Gasteiger partial charge in [-0.3, -0.25) is 4.90 Å². The second-order valence-corrected chi connectivity index (χ2v) is 5.00. The number of nitrogens with two attached hydrogens (primary N) is 1. The normalized spacial score (nSPS) is 25.4. The van der Waals surface area contributed by atoms with E-state index in [1.807, 2.05) is 12.1 Å². The van der Waals surface area contributed by atoms with Crippen molar-refractivity contribution in [3.05, 3.63) is 35.1 Å². The molecule has 1 fully saturated rings. The van der Waals surface area contributed by atoms with E-state index in [1.54, 1.807) is 6.07 Å². The number of halogens is 1. The quantitative estimate of drug-likeness (QED) is 0.873. The monoisotopic (exact) mass is 236 g/mol. The first kappa shape index (κ1) is 12.5. The predicted octanol–water partition coefficient (Wildman–Crippen LogP) is 2.34. The SMILES string of the molecule is CCc1ccc(F)c(C2CC(CN)CN2C)c1. The third kappa shape index (κ3) is 2.50. The Morgan fingerprint density at radius 2 is 2.24 bits per heavy atom. The van der Waals surface area contributed by atoms with E-state index in [2.05, 4.69) is 18.9 Å². The number of aryl methyl sites for hydroxylation is 1. The maximum absolute atomic E-state index is 13.9. The van der Waals surface area contributed by atoms with Gasteiger partial charge in [-0.1, -0.05) is 19.1 Å². The first-order chi connectivity index (χ1) is 8.15. The molecule has 0 aliphatic carbocycles. The number of hydrogen-bond acceptors (Lipinski definition) is 2. The average Bonchev–Trinajstić information content (AvgIpc) is 2.71. The van der Waals surface area contributed by atoms with Gasteiger partial charge in [0, 0.05) is 18.2 Å². The van der Waals surface area contributed by atoms with E-state index in [-0.39, 0.29) is 11.9 Å². The molecule has 0 saturated carbocycles. The van der Waals surface area contributed by atoms with Gasteiger partial charge in [0.15, 0.2) is 0 Å². The van der Waals surface area contributed by atoms with Crippen molar-refractivity contribution in [1.29, 1.82) is 0 Å². The fourth-order valence-electron chi connectivity index (χ4n) is 2.71. The summed E-state index contributed by atoms with van der Waals surface area (Å²) >= 11 is 0. The Labute approximate surface area is 103 Å². The number of rotatable bonds is 3. The number of benzene rings is 1. The van der Waals surface area contributed by atoms with Crippen LogP contribution in [0.2, 0.25) is 0 Å². The molecule has 1 aliphatic heterocycles. The van der Waals surface area contributed by atoms with Gasteiger partial charge in [-0.15, -0.1) is 0 Å². The lowest BCUT2D eigenvalue weighted by atomic mass is 9.97. The van der Waals surface area contributed by atoms with Crippen molar-refractivity contribution in [2.24, 2.45) is 11.7 Å². The molecule has 0 aromatic heterocycles. The molecule has 1 aliphatic rings. The average molecular weight is 236 g/mol. The molecule has 1 saturated heterocycles. The van der Waals surface area contributed by atoms with Crippen molar-refractivity contribution >= 4 is 0 Å². The molecule has 17 heavy (non-hydrogen) atoms. The fraction of sp³-hybridized carbons (Fsp3) is 0.571. The molecule has 3 heteroatoms.